The third-order valence-corrected chi connectivity index (χ3v) is 6.03. The summed E-state index contributed by atoms with van der Waals surface area (Å²) in [5.74, 6) is -0.942. The number of methoxy groups -OCH3 is 3. The molecule has 0 saturated carbocycles. The third-order valence-electron chi connectivity index (χ3n) is 6.03. The molecule has 1 rings (SSSR count). The average molecular weight is 373 g/mol. The molecule has 0 spiro atoms. The second kappa shape index (κ2) is 13.1. The Morgan fingerprint density at radius 2 is 1.27 bits per heavy atom. The van der Waals surface area contributed by atoms with E-state index in [9.17, 15) is 0 Å². The van der Waals surface area contributed by atoms with Crippen molar-refractivity contribution in [1.29, 1.82) is 0 Å². The number of hydrogen-bond donors (Lipinski definition) is 0. The van der Waals surface area contributed by atoms with Crippen LogP contribution in [0.4, 0.5) is 0 Å². The van der Waals surface area contributed by atoms with Crippen LogP contribution in [0.25, 0.3) is 0 Å². The molecule has 1 unspecified atom stereocenters. The van der Waals surface area contributed by atoms with Crippen LogP contribution in [0.2, 0.25) is 0 Å². The smallest absolute Gasteiger partial charge is 0.288 e. The molecule has 0 aliphatic carbocycles. The van der Waals surface area contributed by atoms with Gasteiger partial charge in [-0.05, 0) is 25.7 Å². The van der Waals surface area contributed by atoms with Crippen molar-refractivity contribution in [2.24, 2.45) is 5.41 Å². The Balaban J connectivity index is 2.71. The summed E-state index contributed by atoms with van der Waals surface area (Å²) in [4.78, 5) is 0. The van der Waals surface area contributed by atoms with E-state index >= 15 is 0 Å². The highest BCUT2D eigenvalue weighted by atomic mass is 16.9. The summed E-state index contributed by atoms with van der Waals surface area (Å²) < 4.78 is 23.0. The molecule has 1 aliphatic rings. The maximum atomic E-state index is 5.87. The number of hydrogen-bond acceptors (Lipinski definition) is 4. The Kier molecular flexibility index (Phi) is 12.0. The fourth-order valence-electron chi connectivity index (χ4n) is 4.53. The third kappa shape index (κ3) is 7.10. The van der Waals surface area contributed by atoms with Crippen LogP contribution >= 0.6 is 0 Å². The first kappa shape index (κ1) is 23.9. The molecule has 26 heavy (non-hydrogen) atoms. The molecule has 4 nitrogen and oxygen atoms in total. The molecule has 0 aromatic carbocycles. The maximum Gasteiger partial charge on any atom is 0.288 e. The quantitative estimate of drug-likeness (QED) is 0.166. The van der Waals surface area contributed by atoms with Crippen LogP contribution in [0.15, 0.2) is 0 Å². The predicted octanol–water partition coefficient (Wildman–Crippen LogP) is 6.08. The van der Waals surface area contributed by atoms with Gasteiger partial charge in [0, 0.05) is 21.3 Å². The molecule has 0 amide bonds. The molecule has 0 aromatic heterocycles. The summed E-state index contributed by atoms with van der Waals surface area (Å²) in [5, 5.41) is 0. The van der Waals surface area contributed by atoms with Crippen LogP contribution in [-0.2, 0) is 18.9 Å². The van der Waals surface area contributed by atoms with E-state index in [1.165, 1.54) is 57.8 Å². The first-order chi connectivity index (χ1) is 12.6. The van der Waals surface area contributed by atoms with Crippen molar-refractivity contribution in [3.63, 3.8) is 0 Å². The van der Waals surface area contributed by atoms with Crippen molar-refractivity contribution in [1.82, 2.24) is 0 Å². The van der Waals surface area contributed by atoms with Gasteiger partial charge in [0.2, 0.25) is 0 Å². The van der Waals surface area contributed by atoms with Crippen LogP contribution < -0.4 is 0 Å². The largest absolute Gasteiger partial charge is 0.373 e. The number of unbranched alkanes of at least 4 members (excludes halogenated alkanes) is 6. The monoisotopic (exact) mass is 372 g/mol. The van der Waals surface area contributed by atoms with Gasteiger partial charge in [-0.25, -0.2) is 0 Å². The van der Waals surface area contributed by atoms with Gasteiger partial charge in [-0.3, -0.25) is 0 Å². The highest BCUT2D eigenvalue weighted by Gasteiger charge is 2.52. The van der Waals surface area contributed by atoms with Gasteiger partial charge in [-0.2, -0.15) is 0 Å². The molecule has 1 heterocycles. The minimum atomic E-state index is -0.942. The highest BCUT2D eigenvalue weighted by Crippen LogP contribution is 2.48. The molecule has 2 atom stereocenters. The van der Waals surface area contributed by atoms with Gasteiger partial charge in [0.25, 0.3) is 5.97 Å². The van der Waals surface area contributed by atoms with Gasteiger partial charge in [0.15, 0.2) is 0 Å². The van der Waals surface area contributed by atoms with Gasteiger partial charge < -0.3 is 18.9 Å². The zero-order valence-electron chi connectivity index (χ0n) is 18.1. The minimum Gasteiger partial charge on any atom is -0.373 e. The summed E-state index contributed by atoms with van der Waals surface area (Å²) in [6, 6.07) is 0. The highest BCUT2D eigenvalue weighted by molar-refractivity contribution is 4.89. The molecule has 0 N–H and O–H groups in total. The normalized spacial score (nSPS) is 19.5. The maximum absolute atomic E-state index is 5.87. The first-order valence-corrected chi connectivity index (χ1v) is 10.9. The van der Waals surface area contributed by atoms with Crippen LogP contribution in [-0.4, -0.2) is 40.0 Å². The summed E-state index contributed by atoms with van der Waals surface area (Å²) >= 11 is 0. The SMILES string of the molecule is CCCCCCCC[C@](CCC)(CCCCC1CO1)C(OC)(OC)OC. The van der Waals surface area contributed by atoms with Gasteiger partial charge >= 0.3 is 0 Å². The number of rotatable bonds is 18. The Bertz CT molecular complexity index is 331. The van der Waals surface area contributed by atoms with E-state index in [1.807, 2.05) is 0 Å². The first-order valence-electron chi connectivity index (χ1n) is 10.9. The van der Waals surface area contributed by atoms with Crippen molar-refractivity contribution < 1.29 is 18.9 Å². The molecule has 156 valence electrons. The zero-order chi connectivity index (χ0) is 19.3. The molecule has 1 saturated heterocycles. The van der Waals surface area contributed by atoms with Gasteiger partial charge in [-0.1, -0.05) is 71.6 Å². The van der Waals surface area contributed by atoms with Gasteiger partial charge in [-0.15, -0.1) is 0 Å². The van der Waals surface area contributed by atoms with E-state index < -0.39 is 5.97 Å². The second-order valence-electron chi connectivity index (χ2n) is 7.92. The molecule has 1 fully saturated rings. The Labute approximate surface area is 162 Å². The van der Waals surface area contributed by atoms with E-state index in [0.717, 1.165) is 32.3 Å². The molecule has 0 aromatic rings. The van der Waals surface area contributed by atoms with E-state index in [4.69, 9.17) is 18.9 Å². The molecule has 1 aliphatic heterocycles. The van der Waals surface area contributed by atoms with Crippen LogP contribution in [0.3, 0.4) is 0 Å². The van der Waals surface area contributed by atoms with E-state index in [1.54, 1.807) is 21.3 Å². The van der Waals surface area contributed by atoms with Crippen molar-refractivity contribution in [3.05, 3.63) is 0 Å². The Morgan fingerprint density at radius 3 is 1.77 bits per heavy atom. The lowest BCUT2D eigenvalue weighted by Crippen LogP contribution is -2.53. The zero-order valence-corrected chi connectivity index (χ0v) is 18.1. The fourth-order valence-corrected chi connectivity index (χ4v) is 4.53. The van der Waals surface area contributed by atoms with Gasteiger partial charge in [0.05, 0.1) is 18.1 Å². The van der Waals surface area contributed by atoms with Gasteiger partial charge in [0.1, 0.15) is 0 Å². The fraction of sp³-hybridized carbons (Fsp3) is 1.00. The standard InChI is InChI=1S/C22H44O4/c1-6-8-9-10-11-13-17-21(16-7-2,22(23-3,24-4)25-5)18-14-12-15-20-19-26-20/h20H,6-19H2,1-5H3/t20?,21-/m1/s1. The summed E-state index contributed by atoms with van der Waals surface area (Å²) in [6.07, 6.45) is 16.3. The molecule has 0 radical (unpaired) electrons. The van der Waals surface area contributed by atoms with Crippen LogP contribution in [0.5, 0.6) is 0 Å². The number of epoxide rings is 1. The molecule has 4 heteroatoms. The lowest BCUT2D eigenvalue weighted by molar-refractivity contribution is -0.411. The summed E-state index contributed by atoms with van der Waals surface area (Å²) in [7, 11) is 5.16. The summed E-state index contributed by atoms with van der Waals surface area (Å²) in [6.45, 7) is 5.47. The number of ether oxygens (including phenoxy) is 4. The van der Waals surface area contributed by atoms with Crippen LogP contribution in [0.1, 0.15) is 97.3 Å². The molecule has 0 bridgehead atoms. The van der Waals surface area contributed by atoms with Crippen molar-refractivity contribution in [2.75, 3.05) is 27.9 Å². The second-order valence-corrected chi connectivity index (χ2v) is 7.92. The minimum absolute atomic E-state index is 0.0881. The lowest BCUT2D eigenvalue weighted by atomic mass is 9.72. The Hall–Kier alpha value is -0.160. The van der Waals surface area contributed by atoms with E-state index in [0.29, 0.717) is 6.10 Å². The predicted molar refractivity (Wildman–Crippen MR) is 107 cm³/mol. The van der Waals surface area contributed by atoms with Crippen molar-refractivity contribution >= 4 is 0 Å². The van der Waals surface area contributed by atoms with Crippen molar-refractivity contribution in [2.45, 2.75) is 109 Å². The average Bonchev–Trinajstić information content (AvgIpc) is 3.48. The topological polar surface area (TPSA) is 40.2 Å². The van der Waals surface area contributed by atoms with Crippen LogP contribution in [0, 0.1) is 5.41 Å². The van der Waals surface area contributed by atoms with Crippen molar-refractivity contribution in [3.8, 4) is 0 Å². The van der Waals surface area contributed by atoms with E-state index in [2.05, 4.69) is 13.8 Å². The van der Waals surface area contributed by atoms with E-state index in [-0.39, 0.29) is 5.41 Å². The lowest BCUT2D eigenvalue weighted by Gasteiger charge is -2.47. The Morgan fingerprint density at radius 1 is 0.731 bits per heavy atom. The summed E-state index contributed by atoms with van der Waals surface area (Å²) in [5.41, 5.74) is -0.0881. The molecular weight excluding hydrogens is 328 g/mol. The molecular formula is C22H44O4.